The molecule has 0 saturated carbocycles. The molecule has 0 radical (unpaired) electrons. The van der Waals surface area contributed by atoms with Gasteiger partial charge in [0.2, 0.25) is 9.84 Å². The van der Waals surface area contributed by atoms with Crippen LogP contribution in [-0.4, -0.2) is 24.5 Å². The Labute approximate surface area is 86.7 Å². The maximum Gasteiger partial charge on any atom is 0.230 e. The van der Waals surface area contributed by atoms with Crippen molar-refractivity contribution in [3.8, 4) is 11.5 Å². The SMILES string of the molecule is Cc1ccc(O)c2c1OCS(=O)(=O)C2=N. The van der Waals surface area contributed by atoms with E-state index in [1.54, 1.807) is 13.0 Å². The summed E-state index contributed by atoms with van der Waals surface area (Å²) in [5, 5.41) is 16.4. The average Bonchev–Trinajstić information content (AvgIpc) is 2.16. The summed E-state index contributed by atoms with van der Waals surface area (Å²) < 4.78 is 27.7. The lowest BCUT2D eigenvalue weighted by Crippen LogP contribution is -2.28. The van der Waals surface area contributed by atoms with E-state index in [9.17, 15) is 13.5 Å². The highest BCUT2D eigenvalue weighted by molar-refractivity contribution is 8.06. The van der Waals surface area contributed by atoms with Crippen LogP contribution in [0.3, 0.4) is 0 Å². The predicted octanol–water partition coefficient (Wildman–Crippen LogP) is 0.791. The fourth-order valence-corrected chi connectivity index (χ4v) is 2.33. The molecule has 0 bridgehead atoms. The van der Waals surface area contributed by atoms with Gasteiger partial charge >= 0.3 is 0 Å². The van der Waals surface area contributed by atoms with E-state index in [2.05, 4.69) is 0 Å². The third-order valence-electron chi connectivity index (χ3n) is 2.23. The lowest BCUT2D eigenvalue weighted by Gasteiger charge is -2.20. The fourth-order valence-electron chi connectivity index (χ4n) is 1.43. The molecule has 6 heteroatoms. The van der Waals surface area contributed by atoms with Gasteiger partial charge in [0, 0.05) is 0 Å². The van der Waals surface area contributed by atoms with E-state index in [1.807, 2.05) is 0 Å². The lowest BCUT2D eigenvalue weighted by molar-refractivity contribution is 0.367. The van der Waals surface area contributed by atoms with E-state index >= 15 is 0 Å². The van der Waals surface area contributed by atoms with Crippen molar-refractivity contribution < 1.29 is 18.3 Å². The number of phenols is 1. The summed E-state index contributed by atoms with van der Waals surface area (Å²) in [4.78, 5) is 0. The smallest absolute Gasteiger partial charge is 0.230 e. The molecule has 1 aliphatic heterocycles. The Kier molecular flexibility index (Phi) is 1.97. The summed E-state index contributed by atoms with van der Waals surface area (Å²) in [6.07, 6.45) is 0. The molecule has 0 amide bonds. The number of aryl methyl sites for hydroxylation is 1. The third kappa shape index (κ3) is 1.37. The minimum absolute atomic E-state index is 0.0405. The minimum Gasteiger partial charge on any atom is -0.507 e. The van der Waals surface area contributed by atoms with Gasteiger partial charge in [0.25, 0.3) is 0 Å². The van der Waals surface area contributed by atoms with Crippen LogP contribution in [0.4, 0.5) is 0 Å². The molecule has 0 atom stereocenters. The quantitative estimate of drug-likeness (QED) is 0.686. The average molecular weight is 227 g/mol. The van der Waals surface area contributed by atoms with Crippen molar-refractivity contribution in [3.05, 3.63) is 23.3 Å². The van der Waals surface area contributed by atoms with Gasteiger partial charge in [-0.2, -0.15) is 0 Å². The summed E-state index contributed by atoms with van der Waals surface area (Å²) in [5.41, 5.74) is 0.656. The van der Waals surface area contributed by atoms with Gasteiger partial charge in [0.05, 0.1) is 5.56 Å². The van der Waals surface area contributed by atoms with Crippen LogP contribution in [0.1, 0.15) is 11.1 Å². The van der Waals surface area contributed by atoms with Crippen molar-refractivity contribution in [2.45, 2.75) is 6.92 Å². The monoisotopic (exact) mass is 227 g/mol. The first kappa shape index (κ1) is 9.97. The van der Waals surface area contributed by atoms with Crippen LogP contribution >= 0.6 is 0 Å². The number of rotatable bonds is 0. The number of hydrogen-bond donors (Lipinski definition) is 2. The normalized spacial score (nSPS) is 18.1. The topological polar surface area (TPSA) is 87.5 Å². The Morgan fingerprint density at radius 1 is 1.47 bits per heavy atom. The Morgan fingerprint density at radius 2 is 2.13 bits per heavy atom. The number of sulfone groups is 1. The minimum atomic E-state index is -3.71. The van der Waals surface area contributed by atoms with Gasteiger partial charge in [0.15, 0.2) is 11.0 Å². The fraction of sp³-hybridized carbons (Fsp3) is 0.222. The van der Waals surface area contributed by atoms with E-state index in [1.165, 1.54) is 6.07 Å². The molecule has 0 saturated heterocycles. The summed E-state index contributed by atoms with van der Waals surface area (Å²) in [5.74, 6) is -0.512. The Hall–Kier alpha value is -1.56. The zero-order valence-corrected chi connectivity index (χ0v) is 8.76. The molecule has 1 aromatic rings. The number of phenolic OH excluding ortho intramolecular Hbond substituents is 1. The maximum absolute atomic E-state index is 11.3. The molecular weight excluding hydrogens is 218 g/mol. The molecule has 80 valence electrons. The Balaban J connectivity index is 2.77. The van der Waals surface area contributed by atoms with Crippen LogP contribution < -0.4 is 4.74 Å². The zero-order chi connectivity index (χ0) is 11.2. The van der Waals surface area contributed by atoms with Crippen molar-refractivity contribution in [2.75, 3.05) is 5.94 Å². The van der Waals surface area contributed by atoms with Crippen LogP contribution in [0.15, 0.2) is 12.1 Å². The van der Waals surface area contributed by atoms with Gasteiger partial charge in [0.1, 0.15) is 11.5 Å². The molecule has 1 heterocycles. The molecule has 1 aromatic carbocycles. The maximum atomic E-state index is 11.3. The first-order valence-corrected chi connectivity index (χ1v) is 5.86. The van der Waals surface area contributed by atoms with Crippen LogP contribution in [-0.2, 0) is 9.84 Å². The Bertz CT molecular complexity index is 547. The molecule has 0 spiro atoms. The van der Waals surface area contributed by atoms with E-state index in [4.69, 9.17) is 10.1 Å². The molecule has 0 fully saturated rings. The zero-order valence-electron chi connectivity index (χ0n) is 7.94. The van der Waals surface area contributed by atoms with Crippen LogP contribution in [0, 0.1) is 12.3 Å². The number of fused-ring (bicyclic) bond motifs is 1. The van der Waals surface area contributed by atoms with Crippen molar-refractivity contribution >= 4 is 14.9 Å². The number of benzene rings is 1. The van der Waals surface area contributed by atoms with E-state index in [-0.39, 0.29) is 17.1 Å². The van der Waals surface area contributed by atoms with Crippen molar-refractivity contribution in [1.82, 2.24) is 0 Å². The van der Waals surface area contributed by atoms with Gasteiger partial charge < -0.3 is 9.84 Å². The molecule has 1 aliphatic rings. The number of hydrogen-bond acceptors (Lipinski definition) is 5. The van der Waals surface area contributed by atoms with Crippen LogP contribution in [0.5, 0.6) is 11.5 Å². The third-order valence-corrected chi connectivity index (χ3v) is 3.48. The highest BCUT2D eigenvalue weighted by Gasteiger charge is 2.32. The molecule has 5 nitrogen and oxygen atoms in total. The van der Waals surface area contributed by atoms with Gasteiger partial charge in [-0.1, -0.05) is 6.07 Å². The van der Waals surface area contributed by atoms with E-state index < -0.39 is 20.8 Å². The second-order valence-corrected chi connectivity index (χ2v) is 5.19. The standard InChI is InChI=1S/C9H9NO4S/c1-5-2-3-6(11)7-8(5)14-4-15(12,13)9(7)10/h2-3,10-11H,4H2,1H3. The molecule has 0 aliphatic carbocycles. The van der Waals surface area contributed by atoms with E-state index in [0.717, 1.165) is 0 Å². The molecular formula is C9H9NO4S. The largest absolute Gasteiger partial charge is 0.507 e. The molecule has 0 aromatic heterocycles. The second-order valence-electron chi connectivity index (χ2n) is 3.31. The van der Waals surface area contributed by atoms with E-state index in [0.29, 0.717) is 5.56 Å². The first-order valence-electron chi connectivity index (χ1n) is 4.20. The molecule has 2 rings (SSSR count). The van der Waals surface area contributed by atoms with Crippen LogP contribution in [0.2, 0.25) is 0 Å². The van der Waals surface area contributed by atoms with Gasteiger partial charge in [-0.25, -0.2) is 8.42 Å². The summed E-state index contributed by atoms with van der Waals surface area (Å²) in [6, 6.07) is 2.96. The molecule has 15 heavy (non-hydrogen) atoms. The Morgan fingerprint density at radius 3 is 2.80 bits per heavy atom. The second kappa shape index (κ2) is 2.96. The first-order chi connectivity index (χ1) is 6.93. The molecule has 2 N–H and O–H groups in total. The van der Waals surface area contributed by atoms with Crippen molar-refractivity contribution in [3.63, 3.8) is 0 Å². The van der Waals surface area contributed by atoms with Gasteiger partial charge in [-0.3, -0.25) is 5.41 Å². The summed E-state index contributed by atoms with van der Waals surface area (Å²) >= 11 is 0. The number of ether oxygens (including phenoxy) is 1. The van der Waals surface area contributed by atoms with Crippen LogP contribution in [0.25, 0.3) is 0 Å². The van der Waals surface area contributed by atoms with Gasteiger partial charge in [-0.15, -0.1) is 0 Å². The van der Waals surface area contributed by atoms with Gasteiger partial charge in [-0.05, 0) is 18.6 Å². The highest BCUT2D eigenvalue weighted by Crippen LogP contribution is 2.35. The van der Waals surface area contributed by atoms with Crippen molar-refractivity contribution in [1.29, 1.82) is 5.41 Å². The van der Waals surface area contributed by atoms with Crippen molar-refractivity contribution in [2.24, 2.45) is 0 Å². The summed E-state index contributed by atoms with van der Waals surface area (Å²) in [6.45, 7) is 1.73. The number of aromatic hydroxyl groups is 1. The highest BCUT2D eigenvalue weighted by atomic mass is 32.2. The lowest BCUT2D eigenvalue weighted by atomic mass is 10.1. The predicted molar refractivity (Wildman–Crippen MR) is 54.1 cm³/mol. The number of nitrogens with one attached hydrogen (secondary N) is 1. The molecule has 0 unspecified atom stereocenters. The summed E-state index contributed by atoms with van der Waals surface area (Å²) in [7, 11) is -3.71.